The summed E-state index contributed by atoms with van der Waals surface area (Å²) < 4.78 is 2.33. The predicted octanol–water partition coefficient (Wildman–Crippen LogP) is 3.67. The largest absolute Gasteiger partial charge is 0.355 e. The van der Waals surface area contributed by atoms with Crippen molar-refractivity contribution in [1.82, 2.24) is 9.88 Å². The van der Waals surface area contributed by atoms with E-state index in [1.165, 1.54) is 27.7 Å². The van der Waals surface area contributed by atoms with Crippen molar-refractivity contribution in [2.24, 2.45) is 0 Å². The number of hydrogen-bond acceptors (Lipinski definition) is 1. The number of nitrogens with one attached hydrogen (secondary N) is 1. The number of para-hydroxylation sites is 1. The Morgan fingerprint density at radius 3 is 2.41 bits per heavy atom. The molecule has 1 aromatic heterocycles. The molecule has 0 spiro atoms. The quantitative estimate of drug-likeness (QED) is 0.785. The van der Waals surface area contributed by atoms with Gasteiger partial charge in [-0.25, -0.2) is 0 Å². The van der Waals surface area contributed by atoms with Crippen molar-refractivity contribution in [1.29, 1.82) is 0 Å². The SMILES string of the molecule is CNC(=O)c1ccc(Cn2c(C)c(C)c3ccccc32)cc1. The topological polar surface area (TPSA) is 34.0 Å². The molecule has 22 heavy (non-hydrogen) atoms. The molecular weight excluding hydrogens is 272 g/mol. The van der Waals surface area contributed by atoms with Crippen LogP contribution in [-0.4, -0.2) is 17.5 Å². The molecule has 0 aliphatic carbocycles. The zero-order valence-electron chi connectivity index (χ0n) is 13.2. The normalized spacial score (nSPS) is 10.9. The Hall–Kier alpha value is -2.55. The molecule has 3 nitrogen and oxygen atoms in total. The van der Waals surface area contributed by atoms with Gasteiger partial charge in [-0.3, -0.25) is 4.79 Å². The molecule has 2 aromatic carbocycles. The van der Waals surface area contributed by atoms with E-state index >= 15 is 0 Å². The molecule has 3 rings (SSSR count). The first-order chi connectivity index (χ1) is 10.6. The smallest absolute Gasteiger partial charge is 0.251 e. The van der Waals surface area contributed by atoms with Crippen LogP contribution in [-0.2, 0) is 6.54 Å². The van der Waals surface area contributed by atoms with E-state index in [0.29, 0.717) is 5.56 Å². The van der Waals surface area contributed by atoms with Crippen molar-refractivity contribution in [3.63, 3.8) is 0 Å². The van der Waals surface area contributed by atoms with Crippen LogP contribution in [0.3, 0.4) is 0 Å². The van der Waals surface area contributed by atoms with Crippen LogP contribution in [0, 0.1) is 13.8 Å². The van der Waals surface area contributed by atoms with Crippen LogP contribution in [0.4, 0.5) is 0 Å². The Morgan fingerprint density at radius 2 is 1.73 bits per heavy atom. The van der Waals surface area contributed by atoms with Gasteiger partial charge < -0.3 is 9.88 Å². The maximum Gasteiger partial charge on any atom is 0.251 e. The lowest BCUT2D eigenvalue weighted by Crippen LogP contribution is -2.17. The molecule has 0 saturated carbocycles. The molecule has 112 valence electrons. The summed E-state index contributed by atoms with van der Waals surface area (Å²) in [5.74, 6) is -0.0509. The van der Waals surface area contributed by atoms with Gasteiger partial charge in [-0.1, -0.05) is 30.3 Å². The van der Waals surface area contributed by atoms with Crippen LogP contribution in [0.1, 0.15) is 27.2 Å². The Labute approximate surface area is 130 Å². The van der Waals surface area contributed by atoms with Gasteiger partial charge in [-0.05, 0) is 43.2 Å². The standard InChI is InChI=1S/C19H20N2O/c1-13-14(2)21(18-7-5-4-6-17(13)18)12-15-8-10-16(11-9-15)19(22)20-3/h4-11H,12H2,1-3H3,(H,20,22). The number of carbonyl (C=O) groups is 1. The fourth-order valence-corrected chi connectivity index (χ4v) is 2.90. The summed E-state index contributed by atoms with van der Waals surface area (Å²) >= 11 is 0. The second-order valence-electron chi connectivity index (χ2n) is 5.59. The molecule has 0 saturated heterocycles. The van der Waals surface area contributed by atoms with Crippen LogP contribution in [0.2, 0.25) is 0 Å². The molecule has 0 fully saturated rings. The third-order valence-electron chi connectivity index (χ3n) is 4.33. The number of fused-ring (bicyclic) bond motifs is 1. The second kappa shape index (κ2) is 5.68. The zero-order valence-corrected chi connectivity index (χ0v) is 13.2. The Balaban J connectivity index is 1.97. The monoisotopic (exact) mass is 292 g/mol. The molecule has 0 aliphatic rings. The molecule has 0 radical (unpaired) electrons. The number of rotatable bonds is 3. The minimum absolute atomic E-state index is 0.0509. The zero-order chi connectivity index (χ0) is 15.7. The summed E-state index contributed by atoms with van der Waals surface area (Å²) in [6.07, 6.45) is 0. The van der Waals surface area contributed by atoms with Crippen LogP contribution in [0.15, 0.2) is 48.5 Å². The third-order valence-corrected chi connectivity index (χ3v) is 4.33. The van der Waals surface area contributed by atoms with Crippen molar-refractivity contribution in [3.05, 3.63) is 70.9 Å². The minimum Gasteiger partial charge on any atom is -0.355 e. The van der Waals surface area contributed by atoms with Gasteiger partial charge >= 0.3 is 0 Å². The number of amides is 1. The van der Waals surface area contributed by atoms with E-state index in [9.17, 15) is 4.79 Å². The number of carbonyl (C=O) groups excluding carboxylic acids is 1. The molecule has 3 heteroatoms. The molecule has 1 N–H and O–H groups in total. The van der Waals surface area contributed by atoms with E-state index in [0.717, 1.165) is 6.54 Å². The molecular formula is C19H20N2O. The average Bonchev–Trinajstić information content (AvgIpc) is 2.80. The first-order valence-electron chi connectivity index (χ1n) is 7.47. The summed E-state index contributed by atoms with van der Waals surface area (Å²) in [7, 11) is 1.65. The van der Waals surface area contributed by atoms with Crippen LogP contribution in [0.25, 0.3) is 10.9 Å². The summed E-state index contributed by atoms with van der Waals surface area (Å²) in [5.41, 5.74) is 5.76. The van der Waals surface area contributed by atoms with E-state index in [-0.39, 0.29) is 5.91 Å². The predicted molar refractivity (Wildman–Crippen MR) is 90.3 cm³/mol. The molecule has 0 aliphatic heterocycles. The van der Waals surface area contributed by atoms with E-state index in [1.807, 2.05) is 24.3 Å². The highest BCUT2D eigenvalue weighted by Crippen LogP contribution is 2.25. The second-order valence-corrected chi connectivity index (χ2v) is 5.59. The minimum atomic E-state index is -0.0509. The molecule has 1 amide bonds. The Kier molecular flexibility index (Phi) is 3.72. The molecule has 0 unspecified atom stereocenters. The van der Waals surface area contributed by atoms with E-state index in [4.69, 9.17) is 0 Å². The van der Waals surface area contributed by atoms with Crippen LogP contribution < -0.4 is 5.32 Å². The summed E-state index contributed by atoms with van der Waals surface area (Å²) in [5, 5.41) is 3.95. The first kappa shape index (κ1) is 14.4. The van der Waals surface area contributed by atoms with Gasteiger partial charge in [0, 0.05) is 35.8 Å². The van der Waals surface area contributed by atoms with Crippen molar-refractivity contribution in [2.75, 3.05) is 7.05 Å². The lowest BCUT2D eigenvalue weighted by Gasteiger charge is -2.09. The van der Waals surface area contributed by atoms with E-state index < -0.39 is 0 Å². The van der Waals surface area contributed by atoms with Crippen LogP contribution >= 0.6 is 0 Å². The van der Waals surface area contributed by atoms with Crippen molar-refractivity contribution in [3.8, 4) is 0 Å². The molecule has 0 bridgehead atoms. The third kappa shape index (κ3) is 2.39. The highest BCUT2D eigenvalue weighted by Gasteiger charge is 2.10. The summed E-state index contributed by atoms with van der Waals surface area (Å²) in [6, 6.07) is 16.3. The highest BCUT2D eigenvalue weighted by atomic mass is 16.1. The maximum absolute atomic E-state index is 11.6. The van der Waals surface area contributed by atoms with Gasteiger partial charge in [0.25, 0.3) is 5.91 Å². The fraction of sp³-hybridized carbons (Fsp3) is 0.211. The lowest BCUT2D eigenvalue weighted by atomic mass is 10.1. The van der Waals surface area contributed by atoms with Gasteiger partial charge in [-0.2, -0.15) is 0 Å². The molecule has 1 heterocycles. The summed E-state index contributed by atoms with van der Waals surface area (Å²) in [6.45, 7) is 5.14. The lowest BCUT2D eigenvalue weighted by molar-refractivity contribution is 0.0963. The van der Waals surface area contributed by atoms with Gasteiger partial charge in [0.2, 0.25) is 0 Å². The Morgan fingerprint density at radius 1 is 1.05 bits per heavy atom. The average molecular weight is 292 g/mol. The van der Waals surface area contributed by atoms with Gasteiger partial charge in [0.15, 0.2) is 0 Å². The number of aromatic nitrogens is 1. The highest BCUT2D eigenvalue weighted by molar-refractivity contribution is 5.94. The first-order valence-corrected chi connectivity index (χ1v) is 7.47. The number of aryl methyl sites for hydroxylation is 1. The van der Waals surface area contributed by atoms with Crippen LogP contribution in [0.5, 0.6) is 0 Å². The van der Waals surface area contributed by atoms with E-state index in [2.05, 4.69) is 48.0 Å². The maximum atomic E-state index is 11.6. The van der Waals surface area contributed by atoms with Crippen molar-refractivity contribution >= 4 is 16.8 Å². The van der Waals surface area contributed by atoms with Gasteiger partial charge in [0.1, 0.15) is 0 Å². The van der Waals surface area contributed by atoms with Gasteiger partial charge in [0.05, 0.1) is 0 Å². The number of hydrogen-bond donors (Lipinski definition) is 1. The van der Waals surface area contributed by atoms with Gasteiger partial charge in [-0.15, -0.1) is 0 Å². The van der Waals surface area contributed by atoms with E-state index in [1.54, 1.807) is 7.05 Å². The fourth-order valence-electron chi connectivity index (χ4n) is 2.90. The number of nitrogens with zero attached hydrogens (tertiary/aromatic N) is 1. The molecule has 3 aromatic rings. The number of benzene rings is 2. The molecule has 0 atom stereocenters. The van der Waals surface area contributed by atoms with Crippen molar-refractivity contribution in [2.45, 2.75) is 20.4 Å². The summed E-state index contributed by atoms with van der Waals surface area (Å²) in [4.78, 5) is 11.6. The Bertz CT molecular complexity index is 829. The van der Waals surface area contributed by atoms with Crippen molar-refractivity contribution < 1.29 is 4.79 Å².